The van der Waals surface area contributed by atoms with Crippen molar-refractivity contribution >= 4 is 28.6 Å². The predicted octanol–water partition coefficient (Wildman–Crippen LogP) is 5.75. The number of rotatable bonds is 7. The summed E-state index contributed by atoms with van der Waals surface area (Å²) >= 11 is 0. The third kappa shape index (κ3) is 6.73. The monoisotopic (exact) mass is 531 g/mol. The van der Waals surface area contributed by atoms with Gasteiger partial charge in [-0.2, -0.15) is 0 Å². The Morgan fingerprint density at radius 1 is 1.10 bits per heavy atom. The lowest BCUT2D eigenvalue weighted by atomic mass is 9.49. The molecule has 0 saturated heterocycles. The van der Waals surface area contributed by atoms with Gasteiger partial charge in [0.2, 0.25) is 5.91 Å². The lowest BCUT2D eigenvalue weighted by molar-refractivity contribution is -0.124. The minimum atomic E-state index is -0.607. The number of nitrogens with one attached hydrogen (secondary N) is 1. The van der Waals surface area contributed by atoms with E-state index in [0.29, 0.717) is 25.1 Å². The second-order valence-electron chi connectivity index (χ2n) is 13.0. The summed E-state index contributed by atoms with van der Waals surface area (Å²) in [6.45, 7) is 5.98. The van der Waals surface area contributed by atoms with Gasteiger partial charge in [-0.05, 0) is 119 Å². The van der Waals surface area contributed by atoms with Crippen LogP contribution in [0.1, 0.15) is 77.8 Å². The predicted molar refractivity (Wildman–Crippen MR) is 152 cm³/mol. The lowest BCUT2D eigenvalue weighted by Gasteiger charge is -2.56. The fourth-order valence-electron chi connectivity index (χ4n) is 7.42. The Morgan fingerprint density at radius 3 is 2.44 bits per heavy atom. The van der Waals surface area contributed by atoms with Crippen molar-refractivity contribution in [2.75, 3.05) is 25.0 Å². The Hall–Kier alpha value is -3.11. The number of amides is 2. The van der Waals surface area contributed by atoms with Gasteiger partial charge in [0.05, 0.1) is 17.7 Å². The molecule has 1 heterocycles. The first-order valence-corrected chi connectivity index (χ1v) is 14.4. The van der Waals surface area contributed by atoms with Gasteiger partial charge in [-0.25, -0.2) is 9.78 Å². The van der Waals surface area contributed by atoms with E-state index in [9.17, 15) is 14.7 Å². The second kappa shape index (κ2) is 11.2. The first-order valence-electron chi connectivity index (χ1n) is 14.4. The fraction of sp³-hybridized carbons (Fsp3) is 0.594. The van der Waals surface area contributed by atoms with E-state index >= 15 is 0 Å². The highest BCUT2D eigenvalue weighted by Crippen LogP contribution is 2.61. The number of aromatic nitrogens is 1. The minimum Gasteiger partial charge on any atom is -0.444 e. The Bertz CT molecular complexity index is 1250. The van der Waals surface area contributed by atoms with Gasteiger partial charge in [-0.3, -0.25) is 9.69 Å². The molecule has 39 heavy (non-hydrogen) atoms. The summed E-state index contributed by atoms with van der Waals surface area (Å²) in [5, 5.41) is 13.3. The quantitative estimate of drug-likeness (QED) is 0.444. The number of hydrogen-bond acceptors (Lipinski definition) is 5. The number of nitrogens with zero attached hydrogens (tertiary/aromatic N) is 2. The number of hydrogen-bond donors (Lipinski definition) is 2. The van der Waals surface area contributed by atoms with Crippen molar-refractivity contribution in [2.45, 2.75) is 77.7 Å². The average Bonchev–Trinajstić information content (AvgIpc) is 2.83. The normalized spacial score (nSPS) is 25.2. The molecule has 0 unspecified atom stereocenters. The number of aliphatic hydroxyl groups excluding tert-OH is 1. The zero-order chi connectivity index (χ0) is 27.6. The van der Waals surface area contributed by atoms with Gasteiger partial charge in [0.15, 0.2) is 0 Å². The van der Waals surface area contributed by atoms with Crippen molar-refractivity contribution in [2.24, 2.45) is 23.2 Å². The van der Waals surface area contributed by atoms with Crippen LogP contribution in [0.3, 0.4) is 0 Å². The zero-order valence-electron chi connectivity index (χ0n) is 23.5. The van der Waals surface area contributed by atoms with Crippen LogP contribution >= 0.6 is 0 Å². The Kier molecular flexibility index (Phi) is 7.87. The number of carbonyl (C=O) groups excluding carboxylic acids is 2. The fourth-order valence-corrected chi connectivity index (χ4v) is 7.42. The van der Waals surface area contributed by atoms with Crippen molar-refractivity contribution in [3.8, 4) is 11.8 Å². The minimum absolute atomic E-state index is 0.0135. The number of benzene rings is 1. The second-order valence-corrected chi connectivity index (χ2v) is 13.0. The van der Waals surface area contributed by atoms with E-state index in [-0.39, 0.29) is 24.5 Å². The molecule has 1 aromatic carbocycles. The topological polar surface area (TPSA) is 91.8 Å². The molecule has 7 heteroatoms. The van der Waals surface area contributed by atoms with E-state index < -0.39 is 11.7 Å². The molecule has 6 rings (SSSR count). The molecular weight excluding hydrogens is 490 g/mol. The van der Waals surface area contributed by atoms with Crippen molar-refractivity contribution in [1.82, 2.24) is 9.88 Å². The van der Waals surface area contributed by atoms with Gasteiger partial charge in [-0.1, -0.05) is 12.0 Å². The van der Waals surface area contributed by atoms with Crippen LogP contribution in [0.15, 0.2) is 30.3 Å². The standard InChI is InChI=1S/C32H41N3O4/c1-31(2,3)39-30(38)35(13-6-14-36)12-5-7-25-10-11-26-27(33-25)8-4-9-28(26)34-29(37)21-32-18-22-15-23(19-32)17-24(16-22)20-32/h4,8-11,22-24,36H,6,12-21H2,1-3H3,(H,34,37). The van der Waals surface area contributed by atoms with Gasteiger partial charge >= 0.3 is 6.09 Å². The summed E-state index contributed by atoms with van der Waals surface area (Å²) in [5.74, 6) is 8.67. The summed E-state index contributed by atoms with van der Waals surface area (Å²) in [6.07, 6.45) is 8.41. The highest BCUT2D eigenvalue weighted by atomic mass is 16.6. The smallest absolute Gasteiger partial charge is 0.411 e. The molecule has 0 aliphatic heterocycles. The van der Waals surface area contributed by atoms with E-state index in [2.05, 4.69) is 22.1 Å². The number of pyridine rings is 1. The van der Waals surface area contributed by atoms with Gasteiger partial charge in [0.25, 0.3) is 0 Å². The highest BCUT2D eigenvalue weighted by Gasteiger charge is 2.51. The molecule has 0 atom stereocenters. The molecule has 2 N–H and O–H groups in total. The van der Waals surface area contributed by atoms with E-state index in [4.69, 9.17) is 4.74 Å². The van der Waals surface area contributed by atoms with Gasteiger partial charge < -0.3 is 15.2 Å². The average molecular weight is 532 g/mol. The third-order valence-electron chi connectivity index (χ3n) is 8.43. The van der Waals surface area contributed by atoms with Crippen LogP contribution in [0.2, 0.25) is 0 Å². The van der Waals surface area contributed by atoms with Crippen LogP contribution in [-0.4, -0.2) is 52.3 Å². The maximum Gasteiger partial charge on any atom is 0.411 e. The van der Waals surface area contributed by atoms with Crippen molar-refractivity contribution in [3.63, 3.8) is 0 Å². The maximum absolute atomic E-state index is 13.2. The summed E-state index contributed by atoms with van der Waals surface area (Å²) in [6, 6.07) is 9.56. The molecule has 2 amide bonds. The van der Waals surface area contributed by atoms with Crippen LogP contribution in [0.5, 0.6) is 0 Å². The van der Waals surface area contributed by atoms with Crippen LogP contribution in [-0.2, 0) is 9.53 Å². The third-order valence-corrected chi connectivity index (χ3v) is 8.43. The molecule has 7 nitrogen and oxygen atoms in total. The number of ether oxygens (including phenoxy) is 1. The van der Waals surface area contributed by atoms with Crippen LogP contribution < -0.4 is 5.32 Å². The largest absolute Gasteiger partial charge is 0.444 e. The SMILES string of the molecule is CC(C)(C)OC(=O)N(CC#Cc1ccc2c(NC(=O)CC34CC5CC(CC(C5)C3)C4)cccc2n1)CCCO. The van der Waals surface area contributed by atoms with Crippen molar-refractivity contribution in [3.05, 3.63) is 36.0 Å². The maximum atomic E-state index is 13.2. The van der Waals surface area contributed by atoms with Crippen LogP contribution in [0.4, 0.5) is 10.5 Å². The highest BCUT2D eigenvalue weighted by molar-refractivity contribution is 6.01. The Balaban J connectivity index is 1.24. The molecule has 4 aliphatic carbocycles. The van der Waals surface area contributed by atoms with E-state index in [0.717, 1.165) is 34.3 Å². The summed E-state index contributed by atoms with van der Waals surface area (Å²) in [5.41, 5.74) is 1.73. The van der Waals surface area contributed by atoms with Crippen molar-refractivity contribution in [1.29, 1.82) is 0 Å². The first-order chi connectivity index (χ1) is 18.6. The Morgan fingerprint density at radius 2 is 1.79 bits per heavy atom. The molecule has 4 bridgehead atoms. The number of anilines is 1. The molecule has 208 valence electrons. The van der Waals surface area contributed by atoms with Gasteiger partial charge in [0, 0.05) is 25.0 Å². The summed E-state index contributed by atoms with van der Waals surface area (Å²) in [4.78, 5) is 31.9. The number of fused-ring (bicyclic) bond motifs is 1. The van der Waals surface area contributed by atoms with Gasteiger partial charge in [-0.15, -0.1) is 0 Å². The molecular formula is C32H41N3O4. The Labute approximate surface area is 231 Å². The zero-order valence-corrected chi connectivity index (χ0v) is 23.5. The van der Waals surface area contributed by atoms with E-state index in [1.165, 1.54) is 43.4 Å². The number of aliphatic hydroxyl groups is 1. The summed E-state index contributed by atoms with van der Waals surface area (Å²) < 4.78 is 5.47. The van der Waals surface area contributed by atoms with Gasteiger partial charge in [0.1, 0.15) is 11.3 Å². The van der Waals surface area contributed by atoms with Crippen LogP contribution in [0.25, 0.3) is 10.9 Å². The van der Waals surface area contributed by atoms with Crippen LogP contribution in [0, 0.1) is 35.0 Å². The molecule has 0 spiro atoms. The lowest BCUT2D eigenvalue weighted by Crippen LogP contribution is -2.47. The summed E-state index contributed by atoms with van der Waals surface area (Å²) in [7, 11) is 0. The molecule has 2 aromatic rings. The molecule has 4 fully saturated rings. The first kappa shape index (κ1) is 27.5. The molecule has 4 saturated carbocycles. The molecule has 0 radical (unpaired) electrons. The van der Waals surface area contributed by atoms with Crippen molar-refractivity contribution < 1.29 is 19.4 Å². The van der Waals surface area contributed by atoms with E-state index in [1.54, 1.807) is 0 Å². The molecule has 4 aliphatic rings. The van der Waals surface area contributed by atoms with E-state index in [1.807, 2.05) is 51.1 Å². The molecule has 1 aromatic heterocycles. The number of carbonyl (C=O) groups is 2.